The average Bonchev–Trinajstić information content (AvgIpc) is 2.83. The van der Waals surface area contributed by atoms with Crippen molar-refractivity contribution in [2.24, 2.45) is 5.92 Å². The van der Waals surface area contributed by atoms with Crippen LogP contribution in [0.5, 0.6) is 0 Å². The van der Waals surface area contributed by atoms with Gasteiger partial charge in [0.1, 0.15) is 5.69 Å². The Labute approximate surface area is 185 Å². The van der Waals surface area contributed by atoms with Crippen molar-refractivity contribution in [2.75, 3.05) is 47.9 Å². The van der Waals surface area contributed by atoms with E-state index in [-0.39, 0.29) is 22.4 Å². The van der Waals surface area contributed by atoms with Gasteiger partial charge in [-0.1, -0.05) is 24.3 Å². The van der Waals surface area contributed by atoms with Gasteiger partial charge in [-0.3, -0.25) is 19.8 Å². The molecule has 0 bridgehead atoms. The fourth-order valence-electron chi connectivity index (χ4n) is 4.57. The second-order valence-corrected chi connectivity index (χ2v) is 8.28. The Morgan fingerprint density at radius 3 is 2.25 bits per heavy atom. The number of nitrogens with zero attached hydrogens (tertiary/aromatic N) is 6. The van der Waals surface area contributed by atoms with Crippen molar-refractivity contribution < 1.29 is 9.72 Å². The number of piperidine rings is 1. The van der Waals surface area contributed by atoms with E-state index in [0.29, 0.717) is 50.5 Å². The minimum Gasteiger partial charge on any atom is -0.366 e. The van der Waals surface area contributed by atoms with Crippen molar-refractivity contribution in [3.63, 3.8) is 0 Å². The smallest absolute Gasteiger partial charge is 0.292 e. The first kappa shape index (κ1) is 20.2. The van der Waals surface area contributed by atoms with Gasteiger partial charge in [-0.25, -0.2) is 9.97 Å². The first-order chi connectivity index (χ1) is 15.5. The number of nitro benzene ring substituents is 1. The second kappa shape index (κ2) is 8.07. The first-order valence-electron chi connectivity index (χ1n) is 10.8. The maximum atomic E-state index is 13.5. The molecule has 1 saturated heterocycles. The van der Waals surface area contributed by atoms with Gasteiger partial charge in [0.05, 0.1) is 16.0 Å². The van der Waals surface area contributed by atoms with Crippen molar-refractivity contribution in [3.05, 3.63) is 58.6 Å². The number of carbonyl (C=O) groups is 1. The molecular formula is C23H24N6O3. The van der Waals surface area contributed by atoms with E-state index in [1.807, 2.05) is 47.2 Å². The SMILES string of the molecule is CN1CCN(C(=O)C2CCN(c3ccccc3[N+](=O)[O-])CC2)c2nc3ccccc3nc21. The van der Waals surface area contributed by atoms with Gasteiger partial charge in [0.15, 0.2) is 11.6 Å². The van der Waals surface area contributed by atoms with Crippen LogP contribution in [-0.2, 0) is 4.79 Å². The molecule has 1 aromatic heterocycles. The molecule has 0 spiro atoms. The summed E-state index contributed by atoms with van der Waals surface area (Å²) in [6.45, 7) is 2.47. The van der Waals surface area contributed by atoms with Gasteiger partial charge in [0, 0.05) is 45.2 Å². The highest BCUT2D eigenvalue weighted by Gasteiger charge is 2.35. The molecule has 32 heavy (non-hydrogen) atoms. The summed E-state index contributed by atoms with van der Waals surface area (Å²) in [4.78, 5) is 39.9. The summed E-state index contributed by atoms with van der Waals surface area (Å²) in [7, 11) is 1.97. The molecule has 9 nitrogen and oxygen atoms in total. The number of fused-ring (bicyclic) bond motifs is 2. The molecule has 1 amide bonds. The number of hydrogen-bond donors (Lipinski definition) is 0. The summed E-state index contributed by atoms with van der Waals surface area (Å²) in [5.41, 5.74) is 2.30. The number of aromatic nitrogens is 2. The van der Waals surface area contributed by atoms with E-state index in [2.05, 4.69) is 0 Å². The van der Waals surface area contributed by atoms with Crippen LogP contribution in [-0.4, -0.2) is 54.0 Å². The number of anilines is 3. The Morgan fingerprint density at radius 2 is 1.56 bits per heavy atom. The second-order valence-electron chi connectivity index (χ2n) is 8.28. The standard InChI is InChI=1S/C23H24N6O3/c1-26-14-15-28(22-21(26)24-17-6-2-3-7-18(17)25-22)23(30)16-10-12-27(13-11-16)19-8-4-5-9-20(19)29(31)32/h2-9,16H,10-15H2,1H3. The normalized spacial score (nSPS) is 16.8. The molecule has 0 aliphatic carbocycles. The molecule has 3 heterocycles. The lowest BCUT2D eigenvalue weighted by Gasteiger charge is -2.38. The number of nitro groups is 1. The zero-order chi connectivity index (χ0) is 22.2. The van der Waals surface area contributed by atoms with E-state index in [1.165, 1.54) is 6.07 Å². The third kappa shape index (κ3) is 3.49. The fraction of sp³-hybridized carbons (Fsp3) is 0.348. The highest BCUT2D eigenvalue weighted by atomic mass is 16.6. The van der Waals surface area contributed by atoms with E-state index >= 15 is 0 Å². The molecule has 0 radical (unpaired) electrons. The molecule has 0 saturated carbocycles. The number of carbonyl (C=O) groups excluding carboxylic acids is 1. The van der Waals surface area contributed by atoms with Gasteiger partial charge in [-0.2, -0.15) is 0 Å². The Balaban J connectivity index is 1.36. The van der Waals surface area contributed by atoms with Gasteiger partial charge in [-0.15, -0.1) is 0 Å². The maximum Gasteiger partial charge on any atom is 0.292 e. The van der Waals surface area contributed by atoms with Gasteiger partial charge in [-0.05, 0) is 31.0 Å². The molecule has 164 valence electrons. The summed E-state index contributed by atoms with van der Waals surface area (Å²) in [5, 5.41) is 11.4. The molecule has 2 aliphatic heterocycles. The first-order valence-corrected chi connectivity index (χ1v) is 10.8. The third-order valence-corrected chi connectivity index (χ3v) is 6.34. The number of para-hydroxylation sites is 4. The van der Waals surface area contributed by atoms with Gasteiger partial charge in [0.25, 0.3) is 5.69 Å². The van der Waals surface area contributed by atoms with E-state index in [9.17, 15) is 14.9 Å². The van der Waals surface area contributed by atoms with Crippen LogP contribution in [0.2, 0.25) is 0 Å². The molecule has 5 rings (SSSR count). The lowest BCUT2D eigenvalue weighted by atomic mass is 9.94. The summed E-state index contributed by atoms with van der Waals surface area (Å²) in [6.07, 6.45) is 1.29. The van der Waals surface area contributed by atoms with E-state index in [4.69, 9.17) is 9.97 Å². The van der Waals surface area contributed by atoms with Crippen molar-refractivity contribution in [1.82, 2.24) is 9.97 Å². The van der Waals surface area contributed by atoms with Gasteiger partial charge >= 0.3 is 0 Å². The molecule has 1 fully saturated rings. The zero-order valence-corrected chi connectivity index (χ0v) is 17.8. The van der Waals surface area contributed by atoms with E-state index < -0.39 is 0 Å². The zero-order valence-electron chi connectivity index (χ0n) is 17.8. The predicted molar refractivity (Wildman–Crippen MR) is 123 cm³/mol. The molecule has 9 heteroatoms. The van der Waals surface area contributed by atoms with E-state index in [1.54, 1.807) is 17.0 Å². The molecular weight excluding hydrogens is 408 g/mol. The number of amides is 1. The summed E-state index contributed by atoms with van der Waals surface area (Å²) >= 11 is 0. The van der Waals surface area contributed by atoms with Crippen LogP contribution >= 0.6 is 0 Å². The van der Waals surface area contributed by atoms with Crippen LogP contribution in [0.15, 0.2) is 48.5 Å². The van der Waals surface area contributed by atoms with Crippen LogP contribution in [0.1, 0.15) is 12.8 Å². The quantitative estimate of drug-likeness (QED) is 0.463. The molecule has 2 aromatic carbocycles. The lowest BCUT2D eigenvalue weighted by molar-refractivity contribution is -0.384. The van der Waals surface area contributed by atoms with Crippen LogP contribution in [0.3, 0.4) is 0 Å². The van der Waals surface area contributed by atoms with Crippen molar-refractivity contribution in [1.29, 1.82) is 0 Å². The average molecular weight is 432 g/mol. The van der Waals surface area contributed by atoms with Crippen molar-refractivity contribution in [2.45, 2.75) is 12.8 Å². The Hall–Kier alpha value is -3.75. The summed E-state index contributed by atoms with van der Waals surface area (Å²) < 4.78 is 0. The lowest BCUT2D eigenvalue weighted by Crippen LogP contribution is -2.48. The Kier molecular flexibility index (Phi) is 5.08. The minimum atomic E-state index is -0.350. The van der Waals surface area contributed by atoms with Crippen LogP contribution in [0, 0.1) is 16.0 Å². The highest BCUT2D eigenvalue weighted by molar-refractivity contribution is 5.98. The summed E-state index contributed by atoms with van der Waals surface area (Å²) in [5.74, 6) is 1.26. The topological polar surface area (TPSA) is 95.7 Å². The molecule has 3 aromatic rings. The molecule has 0 N–H and O–H groups in total. The van der Waals surface area contributed by atoms with Crippen molar-refractivity contribution >= 4 is 40.0 Å². The van der Waals surface area contributed by atoms with E-state index in [0.717, 1.165) is 16.9 Å². The van der Waals surface area contributed by atoms with Crippen LogP contribution in [0.25, 0.3) is 11.0 Å². The van der Waals surface area contributed by atoms with Crippen LogP contribution in [0.4, 0.5) is 23.0 Å². The fourth-order valence-corrected chi connectivity index (χ4v) is 4.57. The number of hydrogen-bond acceptors (Lipinski definition) is 7. The molecule has 2 aliphatic rings. The largest absolute Gasteiger partial charge is 0.366 e. The number of benzene rings is 2. The minimum absolute atomic E-state index is 0.0612. The maximum absolute atomic E-state index is 13.5. The predicted octanol–water partition coefficient (Wildman–Crippen LogP) is 3.24. The monoisotopic (exact) mass is 432 g/mol. The Morgan fingerprint density at radius 1 is 0.938 bits per heavy atom. The van der Waals surface area contributed by atoms with Gasteiger partial charge < -0.3 is 9.80 Å². The summed E-state index contributed by atoms with van der Waals surface area (Å²) in [6, 6.07) is 14.5. The highest BCUT2D eigenvalue weighted by Crippen LogP contribution is 2.35. The molecule has 0 atom stereocenters. The number of likely N-dealkylation sites (N-methyl/N-ethyl adjacent to an activating group) is 1. The van der Waals surface area contributed by atoms with Crippen LogP contribution < -0.4 is 14.7 Å². The van der Waals surface area contributed by atoms with Gasteiger partial charge in [0.2, 0.25) is 5.91 Å². The molecule has 0 unspecified atom stereocenters. The third-order valence-electron chi connectivity index (χ3n) is 6.34. The number of rotatable bonds is 3. The Bertz CT molecular complexity index is 1190. The van der Waals surface area contributed by atoms with Crippen molar-refractivity contribution in [3.8, 4) is 0 Å².